The second kappa shape index (κ2) is 3.31. The van der Waals surface area contributed by atoms with Crippen LogP contribution in [0.2, 0.25) is 0 Å². The molecule has 0 saturated heterocycles. The molecule has 4 nitrogen and oxygen atoms in total. The molecule has 0 aliphatic rings. The Labute approximate surface area is 97.1 Å². The lowest BCUT2D eigenvalue weighted by atomic mass is 10.1. The van der Waals surface area contributed by atoms with Gasteiger partial charge in [-0.05, 0) is 24.6 Å². The zero-order chi connectivity index (χ0) is 12.0. The van der Waals surface area contributed by atoms with Crippen LogP contribution in [0.1, 0.15) is 16.1 Å². The summed E-state index contributed by atoms with van der Waals surface area (Å²) in [5.41, 5.74) is 2.82. The van der Waals surface area contributed by atoms with Crippen molar-refractivity contribution >= 4 is 22.5 Å². The van der Waals surface area contributed by atoms with Crippen molar-refractivity contribution in [3.05, 3.63) is 47.8 Å². The number of benzene rings is 1. The lowest BCUT2D eigenvalue weighted by Crippen LogP contribution is -2.02. The van der Waals surface area contributed by atoms with Gasteiger partial charge in [0.25, 0.3) is 0 Å². The molecule has 1 N–H and O–H groups in total. The van der Waals surface area contributed by atoms with Crippen molar-refractivity contribution in [2.75, 3.05) is 0 Å². The molecule has 3 rings (SSSR count). The monoisotopic (exact) mass is 226 g/mol. The van der Waals surface area contributed by atoms with Crippen LogP contribution in [0.25, 0.3) is 16.6 Å². The molecule has 0 aliphatic carbocycles. The first-order chi connectivity index (χ1) is 8.18. The maximum atomic E-state index is 11.1. The van der Waals surface area contributed by atoms with Gasteiger partial charge in [-0.3, -0.25) is 4.40 Å². The van der Waals surface area contributed by atoms with E-state index in [1.165, 1.54) is 6.20 Å². The van der Waals surface area contributed by atoms with Gasteiger partial charge in [0, 0.05) is 5.39 Å². The SMILES string of the molecule is Cc1cc2ncc(C(=O)O)n2c2ccccc12. The molecule has 0 bridgehead atoms. The van der Waals surface area contributed by atoms with Crippen LogP contribution in [0.15, 0.2) is 36.5 Å². The average molecular weight is 226 g/mol. The number of aromatic nitrogens is 2. The van der Waals surface area contributed by atoms with E-state index in [9.17, 15) is 4.79 Å². The third kappa shape index (κ3) is 1.30. The van der Waals surface area contributed by atoms with Crippen molar-refractivity contribution in [1.29, 1.82) is 0 Å². The van der Waals surface area contributed by atoms with Gasteiger partial charge < -0.3 is 5.11 Å². The average Bonchev–Trinajstić information content (AvgIpc) is 2.73. The number of fused-ring (bicyclic) bond motifs is 3. The molecule has 0 radical (unpaired) electrons. The van der Waals surface area contributed by atoms with Gasteiger partial charge in [0.15, 0.2) is 5.69 Å². The number of imidazole rings is 1. The summed E-state index contributed by atoms with van der Waals surface area (Å²) in [6.45, 7) is 2.00. The number of hydrogen-bond donors (Lipinski definition) is 1. The molecule has 0 atom stereocenters. The fourth-order valence-electron chi connectivity index (χ4n) is 2.15. The summed E-state index contributed by atoms with van der Waals surface area (Å²) < 4.78 is 1.67. The predicted octanol–water partition coefficient (Wildman–Crippen LogP) is 2.49. The van der Waals surface area contributed by atoms with Gasteiger partial charge in [-0.2, -0.15) is 0 Å². The first-order valence-corrected chi connectivity index (χ1v) is 5.27. The summed E-state index contributed by atoms with van der Waals surface area (Å²) in [6.07, 6.45) is 1.39. The lowest BCUT2D eigenvalue weighted by Gasteiger charge is -2.06. The molecule has 2 aromatic heterocycles. The van der Waals surface area contributed by atoms with E-state index in [-0.39, 0.29) is 5.69 Å². The van der Waals surface area contributed by atoms with E-state index >= 15 is 0 Å². The third-order valence-electron chi connectivity index (χ3n) is 2.92. The van der Waals surface area contributed by atoms with Crippen LogP contribution in [-0.4, -0.2) is 20.5 Å². The van der Waals surface area contributed by atoms with E-state index in [1.54, 1.807) is 4.40 Å². The Kier molecular flexibility index (Phi) is 1.92. The van der Waals surface area contributed by atoms with E-state index in [4.69, 9.17) is 5.11 Å². The van der Waals surface area contributed by atoms with Crippen molar-refractivity contribution in [2.24, 2.45) is 0 Å². The number of rotatable bonds is 1. The Morgan fingerprint density at radius 1 is 1.35 bits per heavy atom. The summed E-state index contributed by atoms with van der Waals surface area (Å²) in [6, 6.07) is 9.62. The number of carbonyl (C=O) groups is 1. The first-order valence-electron chi connectivity index (χ1n) is 5.27. The highest BCUT2D eigenvalue weighted by molar-refractivity contribution is 5.92. The fraction of sp³-hybridized carbons (Fsp3) is 0.0769. The Bertz CT molecular complexity index is 744. The maximum Gasteiger partial charge on any atom is 0.354 e. The Morgan fingerprint density at radius 3 is 2.88 bits per heavy atom. The predicted molar refractivity (Wildman–Crippen MR) is 64.4 cm³/mol. The summed E-state index contributed by atoms with van der Waals surface area (Å²) in [5.74, 6) is -0.966. The molecule has 3 aromatic rings. The van der Waals surface area contributed by atoms with Crippen LogP contribution in [0.4, 0.5) is 0 Å². The Morgan fingerprint density at radius 2 is 2.12 bits per heavy atom. The maximum absolute atomic E-state index is 11.1. The number of hydrogen-bond acceptors (Lipinski definition) is 2. The van der Waals surface area contributed by atoms with E-state index in [2.05, 4.69) is 4.98 Å². The van der Waals surface area contributed by atoms with Crippen molar-refractivity contribution in [3.8, 4) is 0 Å². The van der Waals surface area contributed by atoms with E-state index in [1.807, 2.05) is 37.3 Å². The molecule has 0 amide bonds. The molecule has 17 heavy (non-hydrogen) atoms. The number of carboxylic acids is 1. The number of aromatic carboxylic acids is 1. The smallest absolute Gasteiger partial charge is 0.354 e. The first kappa shape index (κ1) is 9.84. The minimum Gasteiger partial charge on any atom is -0.477 e. The van der Waals surface area contributed by atoms with Crippen LogP contribution >= 0.6 is 0 Å². The van der Waals surface area contributed by atoms with Crippen LogP contribution in [0.5, 0.6) is 0 Å². The van der Waals surface area contributed by atoms with Gasteiger partial charge in [-0.1, -0.05) is 18.2 Å². The molecule has 0 spiro atoms. The third-order valence-corrected chi connectivity index (χ3v) is 2.92. The van der Waals surface area contributed by atoms with Crippen LogP contribution in [0, 0.1) is 6.92 Å². The molecule has 4 heteroatoms. The van der Waals surface area contributed by atoms with Crippen molar-refractivity contribution in [3.63, 3.8) is 0 Å². The van der Waals surface area contributed by atoms with E-state index in [0.717, 1.165) is 16.5 Å². The minimum atomic E-state index is -0.966. The normalized spacial score (nSPS) is 11.1. The van der Waals surface area contributed by atoms with Gasteiger partial charge >= 0.3 is 5.97 Å². The number of pyridine rings is 1. The van der Waals surface area contributed by atoms with Crippen LogP contribution in [-0.2, 0) is 0 Å². The quantitative estimate of drug-likeness (QED) is 0.693. The minimum absolute atomic E-state index is 0.191. The zero-order valence-electron chi connectivity index (χ0n) is 9.21. The Hall–Kier alpha value is -2.36. The zero-order valence-corrected chi connectivity index (χ0v) is 9.21. The largest absolute Gasteiger partial charge is 0.477 e. The number of aryl methyl sites for hydroxylation is 1. The molecular weight excluding hydrogens is 216 g/mol. The standard InChI is InChI=1S/C13H10N2O2/c1-8-6-12-14-7-11(13(16)17)15(12)10-5-3-2-4-9(8)10/h2-7H,1H3,(H,16,17). The second-order valence-corrected chi connectivity index (χ2v) is 3.99. The summed E-state index contributed by atoms with van der Waals surface area (Å²) >= 11 is 0. The Balaban J connectivity index is 2.59. The van der Waals surface area contributed by atoms with Crippen molar-refractivity contribution in [1.82, 2.24) is 9.38 Å². The van der Waals surface area contributed by atoms with E-state index in [0.29, 0.717) is 5.65 Å². The molecule has 2 heterocycles. The topological polar surface area (TPSA) is 54.6 Å². The summed E-state index contributed by atoms with van der Waals surface area (Å²) in [7, 11) is 0. The second-order valence-electron chi connectivity index (χ2n) is 3.99. The molecule has 0 aliphatic heterocycles. The number of carboxylic acid groups (broad SMARTS) is 1. The van der Waals surface area contributed by atoms with Gasteiger partial charge in [0.05, 0.1) is 11.7 Å². The molecular formula is C13H10N2O2. The van der Waals surface area contributed by atoms with Crippen molar-refractivity contribution in [2.45, 2.75) is 6.92 Å². The highest BCUT2D eigenvalue weighted by atomic mass is 16.4. The molecule has 1 aromatic carbocycles. The van der Waals surface area contributed by atoms with Crippen LogP contribution < -0.4 is 0 Å². The van der Waals surface area contributed by atoms with E-state index < -0.39 is 5.97 Å². The van der Waals surface area contributed by atoms with Gasteiger partial charge in [-0.15, -0.1) is 0 Å². The van der Waals surface area contributed by atoms with Crippen molar-refractivity contribution < 1.29 is 9.90 Å². The highest BCUT2D eigenvalue weighted by Crippen LogP contribution is 2.22. The highest BCUT2D eigenvalue weighted by Gasteiger charge is 2.13. The molecule has 0 unspecified atom stereocenters. The summed E-state index contributed by atoms with van der Waals surface area (Å²) in [5, 5.41) is 10.2. The van der Waals surface area contributed by atoms with Gasteiger partial charge in [0.1, 0.15) is 5.65 Å². The van der Waals surface area contributed by atoms with Crippen LogP contribution in [0.3, 0.4) is 0 Å². The number of para-hydroxylation sites is 1. The van der Waals surface area contributed by atoms with Gasteiger partial charge in [0.2, 0.25) is 0 Å². The molecule has 84 valence electrons. The summed E-state index contributed by atoms with van der Waals surface area (Å²) in [4.78, 5) is 15.3. The number of nitrogens with zero attached hydrogens (tertiary/aromatic N) is 2. The molecule has 0 fully saturated rings. The lowest BCUT2D eigenvalue weighted by molar-refractivity contribution is 0.0690. The molecule has 0 saturated carbocycles. The van der Waals surface area contributed by atoms with Gasteiger partial charge in [-0.25, -0.2) is 9.78 Å². The fourth-order valence-corrected chi connectivity index (χ4v) is 2.15.